The first kappa shape index (κ1) is 26.8. The molecule has 4 heterocycles. The number of aliphatic imine (C=N–C) groups is 1. The maximum Gasteiger partial charge on any atom is 0.222 e. The van der Waals surface area contributed by atoms with E-state index in [0.29, 0.717) is 38.2 Å². The molecule has 3 aromatic rings. The Balaban J connectivity index is 1.54. The van der Waals surface area contributed by atoms with E-state index in [-0.39, 0.29) is 5.91 Å². The zero-order valence-corrected chi connectivity index (χ0v) is 22.6. The van der Waals surface area contributed by atoms with Crippen LogP contribution in [0.2, 0.25) is 0 Å². The van der Waals surface area contributed by atoms with Gasteiger partial charge in [0.05, 0.1) is 23.5 Å². The molecule has 1 amide bonds. The van der Waals surface area contributed by atoms with E-state index in [4.69, 9.17) is 0 Å². The van der Waals surface area contributed by atoms with Gasteiger partial charge in [0.15, 0.2) is 0 Å². The second kappa shape index (κ2) is 11.9. The van der Waals surface area contributed by atoms with Gasteiger partial charge < -0.3 is 14.7 Å². The van der Waals surface area contributed by atoms with Crippen LogP contribution >= 0.6 is 0 Å². The number of rotatable bonds is 9. The maximum atomic E-state index is 12.6. The van der Waals surface area contributed by atoms with Crippen molar-refractivity contribution in [3.05, 3.63) is 60.0 Å². The number of carbonyl (C=O) groups excluding carboxylic acids is 1. The lowest BCUT2D eigenvalue weighted by atomic mass is 10.0. The van der Waals surface area contributed by atoms with E-state index in [2.05, 4.69) is 43.8 Å². The Hall–Kier alpha value is -4.23. The predicted molar refractivity (Wildman–Crippen MR) is 149 cm³/mol. The minimum Gasteiger partial charge on any atom is -0.353 e. The van der Waals surface area contributed by atoms with Crippen LogP contribution in [-0.2, 0) is 11.8 Å². The van der Waals surface area contributed by atoms with Gasteiger partial charge in [-0.15, -0.1) is 0 Å². The molecule has 3 aromatic heterocycles. The summed E-state index contributed by atoms with van der Waals surface area (Å²) in [5, 5.41) is 18.4. The molecule has 198 valence electrons. The number of fused-ring (bicyclic) bond motifs is 1. The maximum absolute atomic E-state index is 12.6. The highest BCUT2D eigenvalue weighted by molar-refractivity contribution is 5.84. The van der Waals surface area contributed by atoms with Gasteiger partial charge in [-0.05, 0) is 58.4 Å². The number of nitrogens with zero attached hydrogens (tertiary/aromatic N) is 9. The van der Waals surface area contributed by atoms with E-state index >= 15 is 0 Å². The minimum absolute atomic E-state index is 0.214. The first-order valence-electron chi connectivity index (χ1n) is 12.7. The van der Waals surface area contributed by atoms with Gasteiger partial charge in [-0.25, -0.2) is 9.51 Å². The third-order valence-corrected chi connectivity index (χ3v) is 6.79. The van der Waals surface area contributed by atoms with E-state index < -0.39 is 0 Å². The van der Waals surface area contributed by atoms with Crippen LogP contribution in [0, 0.1) is 11.3 Å². The third-order valence-electron chi connectivity index (χ3n) is 6.79. The van der Waals surface area contributed by atoms with Crippen molar-refractivity contribution in [3.8, 4) is 17.2 Å². The zero-order valence-electron chi connectivity index (χ0n) is 22.6. The molecule has 4 rings (SSSR count). The Morgan fingerprint density at radius 1 is 1.13 bits per heavy atom. The minimum atomic E-state index is 0.214. The standard InChI is InChI=1S/C28H35N9O/c1-21(8-9-26(30-2)35-11-13-36(14-12-35)27(38)7-6-10-33(3)4)25-15-22(24-18-31-34(5)19-24)20-37-28(25)23(16-29)17-32-37/h8-9,15,17-20H,2,6-7,10-14H2,1,3-5H3/b21-8+,26-9+. The molecule has 0 bridgehead atoms. The van der Waals surface area contributed by atoms with Gasteiger partial charge in [-0.1, -0.05) is 6.08 Å². The molecular weight excluding hydrogens is 478 g/mol. The van der Waals surface area contributed by atoms with Crippen molar-refractivity contribution in [2.75, 3.05) is 46.8 Å². The largest absolute Gasteiger partial charge is 0.353 e. The number of aromatic nitrogens is 4. The second-order valence-corrected chi connectivity index (χ2v) is 9.82. The Bertz CT molecular complexity index is 1410. The van der Waals surface area contributed by atoms with Crippen molar-refractivity contribution in [1.82, 2.24) is 34.1 Å². The summed E-state index contributed by atoms with van der Waals surface area (Å²) in [6.45, 7) is 9.47. The van der Waals surface area contributed by atoms with Crippen molar-refractivity contribution in [3.63, 3.8) is 0 Å². The van der Waals surface area contributed by atoms with Crippen LogP contribution in [0.25, 0.3) is 22.2 Å². The fourth-order valence-corrected chi connectivity index (χ4v) is 4.67. The highest BCUT2D eigenvalue weighted by atomic mass is 16.2. The number of aryl methyl sites for hydroxylation is 1. The summed E-state index contributed by atoms with van der Waals surface area (Å²) in [4.78, 5) is 23.0. The van der Waals surface area contributed by atoms with Crippen molar-refractivity contribution in [1.29, 1.82) is 5.26 Å². The summed E-state index contributed by atoms with van der Waals surface area (Å²) in [5.41, 5.74) is 5.08. The van der Waals surface area contributed by atoms with E-state index in [1.165, 1.54) is 0 Å². The summed E-state index contributed by atoms with van der Waals surface area (Å²) in [6, 6.07) is 4.32. The molecule has 1 aliphatic heterocycles. The average Bonchev–Trinajstić information content (AvgIpc) is 3.54. The van der Waals surface area contributed by atoms with Gasteiger partial charge in [-0.3, -0.25) is 9.48 Å². The highest BCUT2D eigenvalue weighted by Crippen LogP contribution is 2.29. The molecule has 0 atom stereocenters. The molecule has 0 saturated carbocycles. The topological polar surface area (TPSA) is 98.1 Å². The highest BCUT2D eigenvalue weighted by Gasteiger charge is 2.22. The van der Waals surface area contributed by atoms with Crippen LogP contribution in [-0.4, -0.2) is 93.5 Å². The van der Waals surface area contributed by atoms with Crippen LogP contribution < -0.4 is 0 Å². The second-order valence-electron chi connectivity index (χ2n) is 9.82. The number of hydrogen-bond donors (Lipinski definition) is 0. The average molecular weight is 514 g/mol. The number of hydrogen-bond acceptors (Lipinski definition) is 7. The molecule has 0 spiro atoms. The molecule has 0 unspecified atom stereocenters. The number of pyridine rings is 1. The molecule has 0 radical (unpaired) electrons. The van der Waals surface area contributed by atoms with E-state index in [0.717, 1.165) is 46.6 Å². The quantitative estimate of drug-likeness (QED) is 0.322. The number of nitriles is 1. The van der Waals surface area contributed by atoms with Gasteiger partial charge in [0.1, 0.15) is 11.9 Å². The molecule has 10 heteroatoms. The zero-order chi connectivity index (χ0) is 27.2. The normalized spacial score (nSPS) is 14.8. The van der Waals surface area contributed by atoms with Crippen LogP contribution in [0.4, 0.5) is 0 Å². The van der Waals surface area contributed by atoms with Crippen molar-refractivity contribution in [2.24, 2.45) is 12.0 Å². The van der Waals surface area contributed by atoms with Gasteiger partial charge in [0.25, 0.3) is 0 Å². The lowest BCUT2D eigenvalue weighted by molar-refractivity contribution is -0.132. The molecule has 1 fully saturated rings. The Morgan fingerprint density at radius 3 is 2.50 bits per heavy atom. The van der Waals surface area contributed by atoms with E-state index in [1.54, 1.807) is 15.4 Å². The summed E-state index contributed by atoms with van der Waals surface area (Å²) in [7, 11) is 5.92. The Kier molecular flexibility index (Phi) is 8.38. The van der Waals surface area contributed by atoms with Crippen LogP contribution in [0.5, 0.6) is 0 Å². The van der Waals surface area contributed by atoms with Gasteiger partial charge in [0.2, 0.25) is 5.91 Å². The molecule has 1 aliphatic rings. The molecule has 0 N–H and O–H groups in total. The lowest BCUT2D eigenvalue weighted by Crippen LogP contribution is -2.48. The monoisotopic (exact) mass is 513 g/mol. The first-order chi connectivity index (χ1) is 18.3. The fourth-order valence-electron chi connectivity index (χ4n) is 4.67. The summed E-state index contributed by atoms with van der Waals surface area (Å²) < 4.78 is 3.51. The van der Waals surface area contributed by atoms with Gasteiger partial charge >= 0.3 is 0 Å². The molecule has 0 aliphatic carbocycles. The van der Waals surface area contributed by atoms with Crippen LogP contribution in [0.15, 0.2) is 53.8 Å². The van der Waals surface area contributed by atoms with Crippen LogP contribution in [0.1, 0.15) is 30.9 Å². The summed E-state index contributed by atoms with van der Waals surface area (Å²) >= 11 is 0. The summed E-state index contributed by atoms with van der Waals surface area (Å²) in [5.74, 6) is 0.975. The lowest BCUT2D eigenvalue weighted by Gasteiger charge is -2.36. The SMILES string of the molecule is C=N/C(=C\C=C(/C)c1cc(-c2cnn(C)c2)cn2ncc(C#N)c12)N1CCN(C(=O)CCCN(C)C)CC1. The molecular formula is C28H35N9O. The van der Waals surface area contributed by atoms with Crippen molar-refractivity contribution in [2.45, 2.75) is 19.8 Å². The van der Waals surface area contributed by atoms with Gasteiger partial charge in [0, 0.05) is 68.7 Å². The predicted octanol–water partition coefficient (Wildman–Crippen LogP) is 3.04. The smallest absolute Gasteiger partial charge is 0.222 e. The fraction of sp³-hybridized carbons (Fsp3) is 0.393. The van der Waals surface area contributed by atoms with E-state index in [9.17, 15) is 10.1 Å². The summed E-state index contributed by atoms with van der Waals surface area (Å²) in [6.07, 6.45) is 12.7. The molecule has 10 nitrogen and oxygen atoms in total. The third kappa shape index (κ3) is 6.01. The number of allylic oxidation sites excluding steroid dienone is 3. The van der Waals surface area contributed by atoms with Crippen LogP contribution in [0.3, 0.4) is 0 Å². The molecule has 38 heavy (non-hydrogen) atoms. The number of piperazine rings is 1. The first-order valence-corrected chi connectivity index (χ1v) is 12.7. The Labute approximate surface area is 223 Å². The van der Waals surface area contributed by atoms with Gasteiger partial charge in [-0.2, -0.15) is 15.5 Å². The van der Waals surface area contributed by atoms with E-state index in [1.807, 2.05) is 63.7 Å². The number of carbonyl (C=O) groups is 1. The number of amides is 1. The van der Waals surface area contributed by atoms with Crippen molar-refractivity contribution >= 4 is 23.7 Å². The van der Waals surface area contributed by atoms with Crippen molar-refractivity contribution < 1.29 is 4.79 Å². The molecule has 1 saturated heterocycles. The molecule has 0 aromatic carbocycles. The Morgan fingerprint density at radius 2 is 1.87 bits per heavy atom.